The van der Waals surface area contributed by atoms with Gasteiger partial charge in [0.15, 0.2) is 0 Å². The Bertz CT molecular complexity index is 607. The third kappa shape index (κ3) is 4.91. The van der Waals surface area contributed by atoms with Crippen LogP contribution in [0, 0.1) is 29.1 Å². The van der Waals surface area contributed by atoms with Crippen LogP contribution in [0.1, 0.15) is 32.6 Å². The number of nitrogens with zero attached hydrogens (tertiary/aromatic N) is 1. The minimum Gasteiger partial charge on any atom is -0.375 e. The van der Waals surface area contributed by atoms with Crippen molar-refractivity contribution in [2.45, 2.75) is 43.5 Å². The fourth-order valence-electron chi connectivity index (χ4n) is 2.93. The molecular formula is C19H25N3OS. The molecule has 2 aliphatic carbocycles. The zero-order valence-electron chi connectivity index (χ0n) is 14.1. The SMILES string of the molecule is C[C@@H](C#N)CSc1ccccc1NCC(=O)NC(C1CC1)C1CC1. The summed E-state index contributed by atoms with van der Waals surface area (Å²) in [6.45, 7) is 2.23. The average Bonchev–Trinajstić information content (AvgIpc) is 3.49. The van der Waals surface area contributed by atoms with E-state index in [1.165, 1.54) is 25.7 Å². The van der Waals surface area contributed by atoms with Gasteiger partial charge in [-0.05, 0) is 56.6 Å². The third-order valence-corrected chi connectivity index (χ3v) is 5.96. The standard InChI is InChI=1S/C19H25N3OS/c1-13(10-20)12-24-17-5-3-2-4-16(17)21-11-18(23)22-19(14-6-7-14)15-8-9-15/h2-5,13-15,19,21H,6-9,11-12H2,1H3,(H,22,23)/t13-/m0/s1. The third-order valence-electron chi connectivity index (χ3n) is 4.62. The maximum atomic E-state index is 12.3. The van der Waals surface area contributed by atoms with E-state index in [1.54, 1.807) is 11.8 Å². The minimum absolute atomic E-state index is 0.0178. The molecule has 0 heterocycles. The summed E-state index contributed by atoms with van der Waals surface area (Å²) in [5.74, 6) is 2.30. The minimum atomic E-state index is 0.0178. The summed E-state index contributed by atoms with van der Waals surface area (Å²) in [6.07, 6.45) is 5.08. The van der Waals surface area contributed by atoms with Crippen molar-refractivity contribution in [3.8, 4) is 6.07 Å². The molecule has 0 saturated heterocycles. The molecule has 2 fully saturated rings. The highest BCUT2D eigenvalue weighted by atomic mass is 32.2. The highest BCUT2D eigenvalue weighted by Crippen LogP contribution is 2.44. The molecule has 5 heteroatoms. The van der Waals surface area contributed by atoms with Crippen LogP contribution in [0.4, 0.5) is 5.69 Å². The van der Waals surface area contributed by atoms with Crippen LogP contribution < -0.4 is 10.6 Å². The van der Waals surface area contributed by atoms with Gasteiger partial charge in [0.05, 0.1) is 18.5 Å². The van der Waals surface area contributed by atoms with Crippen molar-refractivity contribution in [2.24, 2.45) is 17.8 Å². The molecule has 1 aromatic carbocycles. The summed E-state index contributed by atoms with van der Waals surface area (Å²) < 4.78 is 0. The molecule has 128 valence electrons. The van der Waals surface area contributed by atoms with Crippen molar-refractivity contribution in [1.82, 2.24) is 5.32 Å². The zero-order chi connectivity index (χ0) is 16.9. The van der Waals surface area contributed by atoms with Crippen molar-refractivity contribution in [2.75, 3.05) is 17.6 Å². The van der Waals surface area contributed by atoms with Crippen LogP contribution in [0.5, 0.6) is 0 Å². The van der Waals surface area contributed by atoms with Gasteiger partial charge in [0.25, 0.3) is 0 Å². The molecule has 2 N–H and O–H groups in total. The molecule has 2 saturated carbocycles. The highest BCUT2D eigenvalue weighted by Gasteiger charge is 2.42. The van der Waals surface area contributed by atoms with Crippen molar-refractivity contribution in [1.29, 1.82) is 5.26 Å². The van der Waals surface area contributed by atoms with E-state index in [-0.39, 0.29) is 11.8 Å². The van der Waals surface area contributed by atoms with Gasteiger partial charge in [0.1, 0.15) is 0 Å². The van der Waals surface area contributed by atoms with Gasteiger partial charge in [-0.2, -0.15) is 5.26 Å². The largest absolute Gasteiger partial charge is 0.375 e. The average molecular weight is 343 g/mol. The number of carbonyl (C=O) groups is 1. The Hall–Kier alpha value is -1.67. The van der Waals surface area contributed by atoms with Gasteiger partial charge >= 0.3 is 0 Å². The predicted molar refractivity (Wildman–Crippen MR) is 97.8 cm³/mol. The van der Waals surface area contributed by atoms with Crippen molar-refractivity contribution >= 4 is 23.4 Å². The maximum Gasteiger partial charge on any atom is 0.239 e. The lowest BCUT2D eigenvalue weighted by Crippen LogP contribution is -2.41. The molecular weight excluding hydrogens is 318 g/mol. The molecule has 0 unspecified atom stereocenters. The Morgan fingerprint density at radius 1 is 1.29 bits per heavy atom. The van der Waals surface area contributed by atoms with Crippen LogP contribution in [-0.2, 0) is 4.79 Å². The first-order valence-electron chi connectivity index (χ1n) is 8.82. The van der Waals surface area contributed by atoms with E-state index in [0.29, 0.717) is 12.6 Å². The van der Waals surface area contributed by atoms with Crippen LogP contribution in [0.3, 0.4) is 0 Å². The molecule has 0 aliphatic heterocycles. The van der Waals surface area contributed by atoms with E-state index in [2.05, 4.69) is 16.7 Å². The van der Waals surface area contributed by atoms with Crippen LogP contribution in [0.2, 0.25) is 0 Å². The van der Waals surface area contributed by atoms with Gasteiger partial charge in [-0.1, -0.05) is 12.1 Å². The first-order valence-corrected chi connectivity index (χ1v) is 9.80. The van der Waals surface area contributed by atoms with E-state index < -0.39 is 0 Å². The van der Waals surface area contributed by atoms with E-state index >= 15 is 0 Å². The Morgan fingerprint density at radius 2 is 1.96 bits per heavy atom. The Balaban J connectivity index is 1.50. The molecule has 1 atom stereocenters. The normalized spacial score (nSPS) is 18.0. The lowest BCUT2D eigenvalue weighted by molar-refractivity contribution is -0.120. The monoisotopic (exact) mass is 343 g/mol. The summed E-state index contributed by atoms with van der Waals surface area (Å²) in [5, 5.41) is 15.4. The summed E-state index contributed by atoms with van der Waals surface area (Å²) in [6, 6.07) is 10.6. The molecule has 1 aromatic rings. The van der Waals surface area contributed by atoms with Crippen LogP contribution in [0.25, 0.3) is 0 Å². The lowest BCUT2D eigenvalue weighted by atomic mass is 10.1. The number of thioether (sulfide) groups is 1. The first-order chi connectivity index (χ1) is 11.7. The first kappa shape index (κ1) is 17.2. The van der Waals surface area contributed by atoms with Gasteiger partial charge in [-0.15, -0.1) is 11.8 Å². The highest BCUT2D eigenvalue weighted by molar-refractivity contribution is 7.99. The molecule has 4 nitrogen and oxygen atoms in total. The predicted octanol–water partition coefficient (Wildman–Crippen LogP) is 3.66. The number of anilines is 1. The smallest absolute Gasteiger partial charge is 0.239 e. The summed E-state index contributed by atoms with van der Waals surface area (Å²) in [7, 11) is 0. The number of nitrogens with one attached hydrogen (secondary N) is 2. The van der Waals surface area contributed by atoms with E-state index in [4.69, 9.17) is 5.26 Å². The van der Waals surface area contributed by atoms with Crippen molar-refractivity contribution in [3.63, 3.8) is 0 Å². The summed E-state index contributed by atoms with van der Waals surface area (Å²) in [4.78, 5) is 13.4. The molecule has 2 aliphatic rings. The van der Waals surface area contributed by atoms with Gasteiger partial charge in [0.2, 0.25) is 5.91 Å². The topological polar surface area (TPSA) is 64.9 Å². The number of para-hydroxylation sites is 1. The lowest BCUT2D eigenvalue weighted by Gasteiger charge is -2.18. The molecule has 24 heavy (non-hydrogen) atoms. The second-order valence-electron chi connectivity index (χ2n) is 6.96. The number of hydrogen-bond acceptors (Lipinski definition) is 4. The molecule has 0 spiro atoms. The fraction of sp³-hybridized carbons (Fsp3) is 0.579. The van der Waals surface area contributed by atoms with Crippen LogP contribution >= 0.6 is 11.8 Å². The van der Waals surface area contributed by atoms with Crippen LogP contribution in [0.15, 0.2) is 29.2 Å². The number of carbonyl (C=O) groups excluding carboxylic acids is 1. The van der Waals surface area contributed by atoms with Crippen LogP contribution in [-0.4, -0.2) is 24.2 Å². The quantitative estimate of drug-likeness (QED) is 0.672. The number of hydrogen-bond donors (Lipinski definition) is 2. The Labute approximate surface area is 148 Å². The van der Waals surface area contributed by atoms with Gasteiger partial charge in [0, 0.05) is 22.4 Å². The zero-order valence-corrected chi connectivity index (χ0v) is 14.9. The van der Waals surface area contributed by atoms with E-state index in [0.717, 1.165) is 28.2 Å². The Kier molecular flexibility index (Phi) is 5.68. The molecule has 0 bridgehead atoms. The molecule has 3 rings (SSSR count). The molecule has 0 aromatic heterocycles. The van der Waals surface area contributed by atoms with Gasteiger partial charge in [-0.25, -0.2) is 0 Å². The van der Waals surface area contributed by atoms with Gasteiger partial charge in [-0.3, -0.25) is 4.79 Å². The number of benzene rings is 1. The Morgan fingerprint density at radius 3 is 2.58 bits per heavy atom. The van der Waals surface area contributed by atoms with E-state index in [1.807, 2.05) is 31.2 Å². The second-order valence-corrected chi connectivity index (χ2v) is 8.02. The summed E-state index contributed by atoms with van der Waals surface area (Å²) in [5.41, 5.74) is 0.970. The maximum absolute atomic E-state index is 12.3. The fourth-order valence-corrected chi connectivity index (χ4v) is 3.91. The number of nitriles is 1. The summed E-state index contributed by atoms with van der Waals surface area (Å²) >= 11 is 1.66. The van der Waals surface area contributed by atoms with Crippen molar-refractivity contribution in [3.05, 3.63) is 24.3 Å². The van der Waals surface area contributed by atoms with Crippen molar-refractivity contribution < 1.29 is 4.79 Å². The van der Waals surface area contributed by atoms with Gasteiger partial charge < -0.3 is 10.6 Å². The number of rotatable bonds is 9. The number of amides is 1. The second kappa shape index (κ2) is 7.94. The molecule has 0 radical (unpaired) electrons. The van der Waals surface area contributed by atoms with E-state index in [9.17, 15) is 4.79 Å². The molecule has 1 amide bonds.